The van der Waals surface area contributed by atoms with Crippen molar-refractivity contribution in [3.8, 4) is 0 Å². The molecule has 3 aliphatic heterocycles. The molecule has 5 rings (SSSR count). The number of nitrogens with one attached hydrogen (secondary N) is 1. The molecule has 0 atom stereocenters. The van der Waals surface area contributed by atoms with Crippen molar-refractivity contribution < 1.29 is 27.5 Å². The molecule has 0 saturated carbocycles. The third-order valence-electron chi connectivity index (χ3n) is 7.14. The summed E-state index contributed by atoms with van der Waals surface area (Å²) in [6.45, 7) is 8.20. The molecule has 0 bridgehead atoms. The molecule has 2 fully saturated rings. The maximum absolute atomic E-state index is 13.6. The van der Waals surface area contributed by atoms with Crippen LogP contribution in [0.25, 0.3) is 0 Å². The molecule has 206 valence electrons. The van der Waals surface area contributed by atoms with Gasteiger partial charge in [0.15, 0.2) is 0 Å². The van der Waals surface area contributed by atoms with Crippen molar-refractivity contribution in [2.75, 3.05) is 71.0 Å². The van der Waals surface area contributed by atoms with Crippen molar-refractivity contribution in [2.45, 2.75) is 31.2 Å². The van der Waals surface area contributed by atoms with E-state index in [0.717, 1.165) is 42.9 Å². The van der Waals surface area contributed by atoms with Crippen LogP contribution >= 0.6 is 11.3 Å². The molecule has 2 aromatic rings. The summed E-state index contributed by atoms with van der Waals surface area (Å²) < 4.78 is 37.9. The zero-order valence-corrected chi connectivity index (χ0v) is 23.2. The van der Waals surface area contributed by atoms with Crippen LogP contribution < -0.4 is 5.32 Å². The van der Waals surface area contributed by atoms with Gasteiger partial charge in [0.25, 0.3) is 11.8 Å². The lowest BCUT2D eigenvalue weighted by atomic mass is 10.0. The van der Waals surface area contributed by atoms with E-state index in [-0.39, 0.29) is 16.7 Å². The molecule has 4 heterocycles. The molecule has 2 amide bonds. The second kappa shape index (κ2) is 11.8. The lowest BCUT2D eigenvalue weighted by Crippen LogP contribution is -2.41. The van der Waals surface area contributed by atoms with E-state index in [1.54, 1.807) is 4.90 Å². The van der Waals surface area contributed by atoms with E-state index in [2.05, 4.69) is 17.1 Å². The number of anilines is 1. The van der Waals surface area contributed by atoms with E-state index >= 15 is 0 Å². The van der Waals surface area contributed by atoms with Crippen LogP contribution in [0.4, 0.5) is 5.00 Å². The number of rotatable bonds is 7. The molecule has 1 aromatic carbocycles. The van der Waals surface area contributed by atoms with E-state index in [9.17, 15) is 18.0 Å². The van der Waals surface area contributed by atoms with Crippen LogP contribution in [0.15, 0.2) is 29.2 Å². The van der Waals surface area contributed by atoms with Crippen LogP contribution in [-0.2, 0) is 32.5 Å². The lowest BCUT2D eigenvalue weighted by Gasteiger charge is -2.29. The Labute approximate surface area is 227 Å². The largest absolute Gasteiger partial charge is 0.379 e. The zero-order valence-electron chi connectivity index (χ0n) is 21.6. The fourth-order valence-corrected chi connectivity index (χ4v) is 7.78. The van der Waals surface area contributed by atoms with Crippen LogP contribution in [-0.4, -0.2) is 100 Å². The SMILES string of the molecule is CCCN1CCc2c(sc(NC(=O)c3ccc(S(=O)(=O)N4CCOCC4)cc3)c2C(=O)N2CCOCC2)C1. The van der Waals surface area contributed by atoms with Gasteiger partial charge in [0.1, 0.15) is 5.00 Å². The number of carbonyl (C=O) groups excluding carboxylic acids is 2. The van der Waals surface area contributed by atoms with E-state index in [0.29, 0.717) is 68.7 Å². The molecule has 12 heteroatoms. The van der Waals surface area contributed by atoms with Crippen LogP contribution in [0.2, 0.25) is 0 Å². The number of amides is 2. The minimum atomic E-state index is -3.65. The average molecular weight is 563 g/mol. The third kappa shape index (κ3) is 5.65. The van der Waals surface area contributed by atoms with Crippen LogP contribution in [0.5, 0.6) is 0 Å². The summed E-state index contributed by atoms with van der Waals surface area (Å²) in [7, 11) is -3.65. The number of thiophene rings is 1. The molecular formula is C26H34N4O6S2. The molecular weight excluding hydrogens is 528 g/mol. The minimum absolute atomic E-state index is 0.0722. The van der Waals surface area contributed by atoms with Gasteiger partial charge in [0, 0.05) is 49.7 Å². The summed E-state index contributed by atoms with van der Waals surface area (Å²) in [6.07, 6.45) is 1.82. The summed E-state index contributed by atoms with van der Waals surface area (Å²) in [4.78, 5) is 32.3. The number of morpholine rings is 2. The monoisotopic (exact) mass is 562 g/mol. The molecule has 38 heavy (non-hydrogen) atoms. The van der Waals surface area contributed by atoms with Crippen LogP contribution in [0, 0.1) is 0 Å². The molecule has 0 aliphatic carbocycles. The molecule has 1 aromatic heterocycles. The molecule has 2 saturated heterocycles. The van der Waals surface area contributed by atoms with Crippen molar-refractivity contribution in [2.24, 2.45) is 0 Å². The van der Waals surface area contributed by atoms with Gasteiger partial charge in [-0.25, -0.2) is 8.42 Å². The Morgan fingerprint density at radius 2 is 1.63 bits per heavy atom. The van der Waals surface area contributed by atoms with Gasteiger partial charge in [-0.05, 0) is 49.2 Å². The first-order valence-electron chi connectivity index (χ1n) is 13.1. The molecule has 3 aliphatic rings. The lowest BCUT2D eigenvalue weighted by molar-refractivity contribution is 0.0302. The summed E-state index contributed by atoms with van der Waals surface area (Å²) in [5.74, 6) is -0.447. The topological polar surface area (TPSA) is 108 Å². The first kappa shape index (κ1) is 27.2. The van der Waals surface area contributed by atoms with E-state index in [4.69, 9.17) is 9.47 Å². The fraction of sp³-hybridized carbons (Fsp3) is 0.538. The van der Waals surface area contributed by atoms with Crippen molar-refractivity contribution in [1.82, 2.24) is 14.1 Å². The van der Waals surface area contributed by atoms with Gasteiger partial charge in [-0.2, -0.15) is 4.31 Å². The predicted molar refractivity (Wildman–Crippen MR) is 144 cm³/mol. The highest BCUT2D eigenvalue weighted by Gasteiger charge is 2.32. The van der Waals surface area contributed by atoms with Gasteiger partial charge in [-0.1, -0.05) is 6.92 Å². The van der Waals surface area contributed by atoms with E-state index in [1.165, 1.54) is 39.9 Å². The quantitative estimate of drug-likeness (QED) is 0.552. The van der Waals surface area contributed by atoms with Gasteiger partial charge < -0.3 is 19.7 Å². The minimum Gasteiger partial charge on any atom is -0.379 e. The Balaban J connectivity index is 1.38. The summed E-state index contributed by atoms with van der Waals surface area (Å²) in [5.41, 5.74) is 1.94. The van der Waals surface area contributed by atoms with Crippen molar-refractivity contribution in [3.63, 3.8) is 0 Å². The smallest absolute Gasteiger partial charge is 0.257 e. The number of hydrogen-bond acceptors (Lipinski definition) is 8. The first-order valence-corrected chi connectivity index (χ1v) is 15.4. The highest BCUT2D eigenvalue weighted by Crippen LogP contribution is 2.38. The predicted octanol–water partition coefficient (Wildman–Crippen LogP) is 2.26. The Morgan fingerprint density at radius 3 is 2.29 bits per heavy atom. The molecule has 0 radical (unpaired) electrons. The number of benzene rings is 1. The van der Waals surface area contributed by atoms with Crippen molar-refractivity contribution in [3.05, 3.63) is 45.8 Å². The number of ether oxygens (including phenoxy) is 2. The van der Waals surface area contributed by atoms with Crippen molar-refractivity contribution >= 4 is 38.2 Å². The summed E-state index contributed by atoms with van der Waals surface area (Å²) >= 11 is 1.47. The number of fused-ring (bicyclic) bond motifs is 1. The van der Waals surface area contributed by atoms with Crippen LogP contribution in [0.1, 0.15) is 44.5 Å². The normalized spacial score (nSPS) is 19.2. The number of nitrogens with zero attached hydrogens (tertiary/aromatic N) is 3. The Morgan fingerprint density at radius 1 is 0.974 bits per heavy atom. The first-order chi connectivity index (χ1) is 18.4. The second-order valence-corrected chi connectivity index (χ2v) is 12.7. The Hall–Kier alpha value is -2.35. The van der Waals surface area contributed by atoms with Crippen LogP contribution in [0.3, 0.4) is 0 Å². The van der Waals surface area contributed by atoms with Gasteiger partial charge in [0.05, 0.1) is 36.9 Å². The number of carbonyl (C=O) groups is 2. The third-order valence-corrected chi connectivity index (χ3v) is 10.2. The Bertz CT molecular complexity index is 1270. The number of sulfonamides is 1. The maximum atomic E-state index is 13.6. The number of hydrogen-bond donors (Lipinski definition) is 1. The van der Waals surface area contributed by atoms with Crippen molar-refractivity contribution in [1.29, 1.82) is 0 Å². The van der Waals surface area contributed by atoms with E-state index in [1.807, 2.05) is 0 Å². The van der Waals surface area contributed by atoms with Gasteiger partial charge in [0.2, 0.25) is 10.0 Å². The standard InChI is InChI=1S/C26H34N4O6S2/c1-2-8-28-9-7-21-22(18-28)37-25(23(21)26(32)29-10-14-35-15-11-29)27-24(31)19-3-5-20(6-4-19)38(33,34)30-12-16-36-17-13-30/h3-6H,2,7-18H2,1H3,(H,27,31). The molecule has 10 nitrogen and oxygen atoms in total. The highest BCUT2D eigenvalue weighted by molar-refractivity contribution is 7.89. The summed E-state index contributed by atoms with van der Waals surface area (Å²) in [5, 5.41) is 3.53. The van der Waals surface area contributed by atoms with Gasteiger partial charge >= 0.3 is 0 Å². The zero-order chi connectivity index (χ0) is 26.7. The van der Waals surface area contributed by atoms with E-state index < -0.39 is 10.0 Å². The molecule has 1 N–H and O–H groups in total. The molecule has 0 spiro atoms. The Kier molecular flexibility index (Phi) is 8.46. The van der Waals surface area contributed by atoms with Gasteiger partial charge in [-0.3, -0.25) is 14.5 Å². The molecule has 0 unspecified atom stereocenters. The second-order valence-electron chi connectivity index (χ2n) is 9.63. The average Bonchev–Trinajstić information content (AvgIpc) is 3.30. The van der Waals surface area contributed by atoms with Gasteiger partial charge in [-0.15, -0.1) is 11.3 Å². The maximum Gasteiger partial charge on any atom is 0.257 e. The fourth-order valence-electron chi connectivity index (χ4n) is 5.09. The summed E-state index contributed by atoms with van der Waals surface area (Å²) in [6, 6.07) is 5.95. The highest BCUT2D eigenvalue weighted by atomic mass is 32.2.